The van der Waals surface area contributed by atoms with Crippen molar-refractivity contribution < 1.29 is 34.6 Å². The summed E-state index contributed by atoms with van der Waals surface area (Å²) in [5.74, 6) is 0.836. The fourth-order valence-corrected chi connectivity index (χ4v) is 6.27. The third kappa shape index (κ3) is 10.2. The first-order valence-electron chi connectivity index (χ1n) is 17.5. The number of nitrogens with one attached hydrogen (secondary N) is 2. The zero-order valence-electron chi connectivity index (χ0n) is 30.1. The van der Waals surface area contributed by atoms with Gasteiger partial charge in [-0.3, -0.25) is 4.98 Å². The lowest BCUT2D eigenvalue weighted by atomic mass is 9.65. The van der Waals surface area contributed by atoms with Gasteiger partial charge in [-0.2, -0.15) is 5.26 Å². The fraction of sp³-hybridized carbons (Fsp3) is 0.450. The first kappa shape index (κ1) is 40.9. The van der Waals surface area contributed by atoms with Gasteiger partial charge in [0.25, 0.3) is 0 Å². The Labute approximate surface area is 311 Å². The molecule has 2 aromatic carbocycles. The van der Waals surface area contributed by atoms with Crippen LogP contribution in [0.25, 0.3) is 5.57 Å². The van der Waals surface area contributed by atoms with Gasteiger partial charge in [0, 0.05) is 54.7 Å². The molecule has 0 spiro atoms. The highest BCUT2D eigenvalue weighted by atomic mass is 35.5. The third-order valence-corrected chi connectivity index (χ3v) is 10.00. The van der Waals surface area contributed by atoms with Crippen molar-refractivity contribution >= 4 is 17.2 Å². The lowest BCUT2D eigenvalue weighted by molar-refractivity contribution is -0.0916. The SMILES string of the molecule is CCC(CO)(CO)NCc1cc(Cl)c(OC[C@]2(OCCCNCC(O)CO)C=CC=C(c3ccccc3)C2(C)C)cc1OCc1cncc(C#N)c1. The van der Waals surface area contributed by atoms with Crippen LogP contribution >= 0.6 is 11.6 Å². The van der Waals surface area contributed by atoms with Crippen LogP contribution in [-0.2, 0) is 17.9 Å². The number of benzene rings is 2. The summed E-state index contributed by atoms with van der Waals surface area (Å²) in [5, 5.41) is 55.0. The molecule has 1 heterocycles. The summed E-state index contributed by atoms with van der Waals surface area (Å²) in [4.78, 5) is 4.14. The van der Waals surface area contributed by atoms with Gasteiger partial charge in [-0.25, -0.2) is 0 Å². The van der Waals surface area contributed by atoms with E-state index >= 15 is 0 Å². The Morgan fingerprint density at radius 2 is 1.81 bits per heavy atom. The smallest absolute Gasteiger partial charge is 0.141 e. The maximum Gasteiger partial charge on any atom is 0.141 e. The summed E-state index contributed by atoms with van der Waals surface area (Å²) in [7, 11) is 0. The Balaban J connectivity index is 1.63. The zero-order valence-corrected chi connectivity index (χ0v) is 30.9. The highest BCUT2D eigenvalue weighted by molar-refractivity contribution is 6.32. The lowest BCUT2D eigenvalue weighted by Crippen LogP contribution is -2.52. The average Bonchev–Trinajstić information content (AvgIpc) is 3.17. The van der Waals surface area contributed by atoms with Gasteiger partial charge in [-0.15, -0.1) is 0 Å². The quantitative estimate of drug-likeness (QED) is 0.0849. The van der Waals surface area contributed by atoms with Crippen LogP contribution < -0.4 is 20.1 Å². The minimum absolute atomic E-state index is 0.107. The number of nitriles is 1. The second-order valence-electron chi connectivity index (χ2n) is 13.5. The summed E-state index contributed by atoms with van der Waals surface area (Å²) in [6, 6.07) is 17.4. The summed E-state index contributed by atoms with van der Waals surface area (Å²) < 4.78 is 19.6. The van der Waals surface area contributed by atoms with Gasteiger partial charge in [0.1, 0.15) is 36.4 Å². The summed E-state index contributed by atoms with van der Waals surface area (Å²) in [6.45, 7) is 7.03. The number of aliphatic hydroxyl groups is 4. The molecule has 0 aliphatic heterocycles. The van der Waals surface area contributed by atoms with Crippen molar-refractivity contribution in [1.29, 1.82) is 5.26 Å². The third-order valence-electron chi connectivity index (χ3n) is 9.70. The van der Waals surface area contributed by atoms with Gasteiger partial charge < -0.3 is 45.3 Å². The highest BCUT2D eigenvalue weighted by Crippen LogP contribution is 2.49. The van der Waals surface area contributed by atoms with E-state index in [9.17, 15) is 20.6 Å². The maximum absolute atomic E-state index is 10.0. The molecule has 0 saturated carbocycles. The van der Waals surface area contributed by atoms with Crippen molar-refractivity contribution in [2.24, 2.45) is 5.41 Å². The Kier molecular flexibility index (Phi) is 15.2. The molecule has 11 nitrogen and oxygen atoms in total. The molecule has 1 unspecified atom stereocenters. The van der Waals surface area contributed by atoms with Gasteiger partial charge in [-0.1, -0.05) is 74.9 Å². The Morgan fingerprint density at radius 3 is 2.50 bits per heavy atom. The summed E-state index contributed by atoms with van der Waals surface area (Å²) in [6.07, 6.45) is 9.54. The van der Waals surface area contributed by atoms with Crippen molar-refractivity contribution in [1.82, 2.24) is 15.6 Å². The van der Waals surface area contributed by atoms with Crippen LogP contribution in [0.5, 0.6) is 11.5 Å². The zero-order chi connectivity index (χ0) is 37.6. The molecule has 0 fully saturated rings. The van der Waals surface area contributed by atoms with Gasteiger partial charge in [0.15, 0.2) is 0 Å². The highest BCUT2D eigenvalue weighted by Gasteiger charge is 2.49. The van der Waals surface area contributed by atoms with Crippen LogP contribution in [-0.4, -0.2) is 88.8 Å². The molecule has 52 heavy (non-hydrogen) atoms. The summed E-state index contributed by atoms with van der Waals surface area (Å²) >= 11 is 6.90. The molecule has 4 rings (SSSR count). The number of hydrogen-bond acceptors (Lipinski definition) is 11. The second-order valence-corrected chi connectivity index (χ2v) is 13.9. The number of pyridine rings is 1. The minimum Gasteiger partial charge on any atom is -0.488 e. The van der Waals surface area contributed by atoms with E-state index in [1.54, 1.807) is 24.4 Å². The molecule has 1 aliphatic rings. The molecule has 2 atom stereocenters. The topological polar surface area (TPSA) is 169 Å². The van der Waals surface area contributed by atoms with Crippen molar-refractivity contribution in [3.8, 4) is 17.6 Å². The molecule has 0 bridgehead atoms. The van der Waals surface area contributed by atoms with E-state index in [0.29, 0.717) is 59.2 Å². The number of aromatic nitrogens is 1. The van der Waals surface area contributed by atoms with Crippen molar-refractivity contribution in [2.45, 2.75) is 64.0 Å². The van der Waals surface area contributed by atoms with E-state index in [4.69, 9.17) is 30.9 Å². The van der Waals surface area contributed by atoms with E-state index in [1.807, 2.05) is 37.3 Å². The van der Waals surface area contributed by atoms with Gasteiger partial charge >= 0.3 is 0 Å². The largest absolute Gasteiger partial charge is 0.488 e. The van der Waals surface area contributed by atoms with Crippen LogP contribution in [0.15, 0.2) is 79.2 Å². The van der Waals surface area contributed by atoms with Crippen LogP contribution in [0.3, 0.4) is 0 Å². The van der Waals surface area contributed by atoms with Crippen molar-refractivity contribution in [3.05, 3.63) is 106 Å². The van der Waals surface area contributed by atoms with Crippen molar-refractivity contribution in [3.63, 3.8) is 0 Å². The van der Waals surface area contributed by atoms with E-state index < -0.39 is 22.7 Å². The van der Waals surface area contributed by atoms with Gasteiger partial charge in [0.2, 0.25) is 0 Å². The molecule has 0 saturated heterocycles. The number of nitrogens with zero attached hydrogens (tertiary/aromatic N) is 2. The summed E-state index contributed by atoms with van der Waals surface area (Å²) in [5.41, 5.74) is 1.57. The predicted octanol–water partition coefficient (Wildman–Crippen LogP) is 4.56. The number of halogens is 1. The fourth-order valence-electron chi connectivity index (χ4n) is 6.03. The standard InChI is InChI=1S/C40H51ClN4O7/c1-4-39(26-47,27-48)45-22-32-17-35(41)37(18-36(32)50-25-30-16-29(19-42)20-44-21-30)51-28-40(52-15-9-14-43-23-33(49)24-46)13-8-12-34(38(40,2)3)31-10-6-5-7-11-31/h5-8,10-13,16-18,20-21,33,43,45-49H,4,9,14-15,22-28H2,1-3H3/t33?,40-/m1/s1. The van der Waals surface area contributed by atoms with Crippen molar-refractivity contribution in [2.75, 3.05) is 46.1 Å². The van der Waals surface area contributed by atoms with Gasteiger partial charge in [-0.05, 0) is 48.7 Å². The Bertz CT molecular complexity index is 1680. The lowest BCUT2D eigenvalue weighted by Gasteiger charge is -2.47. The van der Waals surface area contributed by atoms with Gasteiger partial charge in [0.05, 0.1) is 42.0 Å². The van der Waals surface area contributed by atoms with E-state index in [2.05, 4.69) is 53.7 Å². The monoisotopic (exact) mass is 734 g/mol. The van der Waals surface area contributed by atoms with Crippen LogP contribution in [0.4, 0.5) is 0 Å². The Hall–Kier alpha value is -3.83. The van der Waals surface area contributed by atoms with E-state index in [0.717, 1.165) is 11.1 Å². The molecule has 12 heteroatoms. The molecule has 0 radical (unpaired) electrons. The minimum atomic E-state index is -0.922. The first-order valence-corrected chi connectivity index (χ1v) is 17.9. The van der Waals surface area contributed by atoms with Crippen LogP contribution in [0.1, 0.15) is 55.9 Å². The normalized spacial score (nSPS) is 17.3. The molecule has 3 aromatic rings. The molecule has 1 aromatic heterocycles. The number of aliphatic hydroxyl groups excluding tert-OH is 4. The van der Waals surface area contributed by atoms with Crippen LogP contribution in [0, 0.1) is 16.7 Å². The van der Waals surface area contributed by atoms with E-state index in [1.165, 1.54) is 6.20 Å². The molecular weight excluding hydrogens is 684 g/mol. The average molecular weight is 735 g/mol. The molecule has 6 N–H and O–H groups in total. The number of allylic oxidation sites excluding steroid dienone is 2. The first-order chi connectivity index (χ1) is 25.1. The van der Waals surface area contributed by atoms with E-state index in [-0.39, 0.29) is 46.1 Å². The van der Waals surface area contributed by atoms with Crippen LogP contribution in [0.2, 0.25) is 5.02 Å². The number of ether oxygens (including phenoxy) is 3. The number of rotatable bonds is 21. The predicted molar refractivity (Wildman–Crippen MR) is 201 cm³/mol. The molecule has 1 aliphatic carbocycles. The Morgan fingerprint density at radius 1 is 1.04 bits per heavy atom. The molecular formula is C40H51ClN4O7. The maximum atomic E-state index is 10.0. The second kappa shape index (κ2) is 19.3. The number of hydrogen-bond donors (Lipinski definition) is 6. The molecule has 280 valence electrons. The molecule has 0 amide bonds.